The molecule has 1 aromatic heterocycles. The molecule has 4 rings (SSSR count). The van der Waals surface area contributed by atoms with Crippen molar-refractivity contribution >= 4 is 5.91 Å². The Hall–Kier alpha value is -2.56. The second kappa shape index (κ2) is 6.87. The molecule has 1 N–H and O–H groups in total. The summed E-state index contributed by atoms with van der Waals surface area (Å²) in [6.45, 7) is 1.85. The first-order valence-electron chi connectivity index (χ1n) is 9.74. The summed E-state index contributed by atoms with van der Waals surface area (Å²) in [6, 6.07) is 9.28. The average molecular weight is 366 g/mol. The number of aromatic nitrogens is 1. The number of carbonyl (C=O) groups is 1. The average Bonchev–Trinajstić information content (AvgIpc) is 2.65. The number of hydrogen-bond donors (Lipinski definition) is 1. The van der Waals surface area contributed by atoms with Gasteiger partial charge in [0.1, 0.15) is 16.9 Å². The number of ether oxygens (including phenoxy) is 1. The van der Waals surface area contributed by atoms with Crippen molar-refractivity contribution in [2.75, 3.05) is 0 Å². The molecule has 1 aromatic carbocycles. The number of para-hydroxylation sites is 1. The summed E-state index contributed by atoms with van der Waals surface area (Å²) in [5.74, 6) is 0.538. The number of pyridine rings is 1. The van der Waals surface area contributed by atoms with Crippen LogP contribution in [0.3, 0.4) is 0 Å². The van der Waals surface area contributed by atoms with E-state index in [1.807, 2.05) is 38.2 Å². The third-order valence-corrected chi connectivity index (χ3v) is 6.00. The van der Waals surface area contributed by atoms with Gasteiger partial charge in [0.15, 0.2) is 5.43 Å². The molecule has 1 spiro atoms. The molecular weight excluding hydrogens is 340 g/mol. The highest BCUT2D eigenvalue weighted by Gasteiger charge is 2.42. The fourth-order valence-corrected chi connectivity index (χ4v) is 4.38. The first-order valence-corrected chi connectivity index (χ1v) is 9.74. The number of nitrogens with one attached hydrogen (secondary N) is 1. The molecule has 2 aromatic rings. The van der Waals surface area contributed by atoms with Gasteiger partial charge in [-0.3, -0.25) is 9.59 Å². The summed E-state index contributed by atoms with van der Waals surface area (Å²) in [4.78, 5) is 25.2. The van der Waals surface area contributed by atoms with Gasteiger partial charge in [-0.15, -0.1) is 0 Å². The van der Waals surface area contributed by atoms with Gasteiger partial charge in [0.05, 0.1) is 6.04 Å². The van der Waals surface area contributed by atoms with Crippen molar-refractivity contribution in [2.45, 2.75) is 57.1 Å². The van der Waals surface area contributed by atoms with Crippen LogP contribution in [-0.2, 0) is 7.05 Å². The highest BCUT2D eigenvalue weighted by molar-refractivity contribution is 5.94. The van der Waals surface area contributed by atoms with Crippen LogP contribution in [0.1, 0.15) is 66.2 Å². The minimum absolute atomic E-state index is 0.147. The highest BCUT2D eigenvalue weighted by Crippen LogP contribution is 2.46. The summed E-state index contributed by atoms with van der Waals surface area (Å²) >= 11 is 0. The lowest BCUT2D eigenvalue weighted by molar-refractivity contribution is -0.00210. The van der Waals surface area contributed by atoms with Crippen molar-refractivity contribution in [2.24, 2.45) is 7.05 Å². The lowest BCUT2D eigenvalue weighted by Crippen LogP contribution is -2.46. The maximum Gasteiger partial charge on any atom is 0.257 e. The van der Waals surface area contributed by atoms with E-state index in [0.717, 1.165) is 49.1 Å². The monoisotopic (exact) mass is 366 g/mol. The van der Waals surface area contributed by atoms with Crippen LogP contribution in [0.25, 0.3) is 0 Å². The Morgan fingerprint density at radius 1 is 1.22 bits per heavy atom. The zero-order chi connectivity index (χ0) is 19.0. The standard InChI is InChI=1S/C22H26N2O3/c1-15-12-19(25)17(14-24(15)2)21(26)23-18-13-22(10-6-3-7-11-22)27-20-9-5-4-8-16(18)20/h4-5,8-9,12,14,18H,3,6-7,10-11,13H2,1-2H3,(H,23,26)/t18-/m0/s1. The van der Waals surface area contributed by atoms with E-state index in [4.69, 9.17) is 4.74 Å². The molecule has 0 bridgehead atoms. The number of amides is 1. The zero-order valence-corrected chi connectivity index (χ0v) is 16.0. The maximum absolute atomic E-state index is 12.9. The van der Waals surface area contributed by atoms with Gasteiger partial charge >= 0.3 is 0 Å². The van der Waals surface area contributed by atoms with Gasteiger partial charge in [0.2, 0.25) is 0 Å². The number of fused-ring (bicyclic) bond motifs is 1. The van der Waals surface area contributed by atoms with Crippen LogP contribution in [-0.4, -0.2) is 16.1 Å². The Morgan fingerprint density at radius 3 is 2.74 bits per heavy atom. The second-order valence-electron chi connectivity index (χ2n) is 7.92. The van der Waals surface area contributed by atoms with Crippen molar-refractivity contribution in [3.63, 3.8) is 0 Å². The lowest BCUT2D eigenvalue weighted by atomic mass is 9.77. The van der Waals surface area contributed by atoms with E-state index in [-0.39, 0.29) is 28.5 Å². The summed E-state index contributed by atoms with van der Waals surface area (Å²) in [5.41, 5.74) is 1.56. The molecule has 0 saturated heterocycles. The molecule has 0 radical (unpaired) electrons. The Labute approximate surface area is 159 Å². The predicted molar refractivity (Wildman–Crippen MR) is 104 cm³/mol. The van der Waals surface area contributed by atoms with Crippen LogP contribution < -0.4 is 15.5 Å². The largest absolute Gasteiger partial charge is 0.487 e. The molecule has 1 fully saturated rings. The molecule has 0 unspecified atom stereocenters. The van der Waals surface area contributed by atoms with Crippen LogP contribution in [0, 0.1) is 6.92 Å². The van der Waals surface area contributed by atoms with Crippen LogP contribution in [0.4, 0.5) is 0 Å². The third kappa shape index (κ3) is 3.38. The molecular formula is C22H26N2O3. The molecule has 1 saturated carbocycles. The molecule has 5 nitrogen and oxygen atoms in total. The van der Waals surface area contributed by atoms with Crippen LogP contribution in [0.5, 0.6) is 5.75 Å². The second-order valence-corrected chi connectivity index (χ2v) is 7.92. The van der Waals surface area contributed by atoms with Crippen molar-refractivity contribution in [1.82, 2.24) is 9.88 Å². The fraction of sp³-hybridized carbons (Fsp3) is 0.455. The number of benzene rings is 1. The summed E-state index contributed by atoms with van der Waals surface area (Å²) in [6.07, 6.45) is 7.95. The zero-order valence-electron chi connectivity index (χ0n) is 16.0. The number of rotatable bonds is 2. The maximum atomic E-state index is 12.9. The number of nitrogens with zero attached hydrogens (tertiary/aromatic N) is 1. The van der Waals surface area contributed by atoms with Crippen molar-refractivity contribution in [3.8, 4) is 5.75 Å². The molecule has 142 valence electrons. The van der Waals surface area contributed by atoms with Gasteiger partial charge in [-0.1, -0.05) is 24.6 Å². The SMILES string of the molecule is Cc1cc(=O)c(C(=O)N[C@H]2CC3(CCCCC3)Oc3ccccc32)cn1C. The Balaban J connectivity index is 1.65. The van der Waals surface area contributed by atoms with Crippen LogP contribution in [0.15, 0.2) is 41.3 Å². The summed E-state index contributed by atoms with van der Waals surface area (Å²) < 4.78 is 8.22. The molecule has 1 aliphatic carbocycles. The minimum atomic E-state index is -0.316. The van der Waals surface area contributed by atoms with Crippen molar-refractivity contribution in [1.29, 1.82) is 0 Å². The predicted octanol–water partition coefficient (Wildman–Crippen LogP) is 3.65. The lowest BCUT2D eigenvalue weighted by Gasteiger charge is -2.44. The van der Waals surface area contributed by atoms with Gasteiger partial charge in [0, 0.05) is 37.0 Å². The third-order valence-electron chi connectivity index (χ3n) is 6.00. The normalized spacial score (nSPS) is 20.6. The Kier molecular flexibility index (Phi) is 4.54. The summed E-state index contributed by atoms with van der Waals surface area (Å²) in [5, 5.41) is 3.12. The smallest absolute Gasteiger partial charge is 0.257 e. The van der Waals surface area contributed by atoms with Crippen LogP contribution in [0.2, 0.25) is 0 Å². The van der Waals surface area contributed by atoms with Gasteiger partial charge in [-0.25, -0.2) is 0 Å². The summed E-state index contributed by atoms with van der Waals surface area (Å²) in [7, 11) is 1.84. The molecule has 27 heavy (non-hydrogen) atoms. The Morgan fingerprint density at radius 2 is 1.96 bits per heavy atom. The van der Waals surface area contributed by atoms with Crippen LogP contribution >= 0.6 is 0 Å². The molecule has 1 amide bonds. The molecule has 1 atom stereocenters. The van der Waals surface area contributed by atoms with E-state index in [1.54, 1.807) is 10.8 Å². The molecule has 2 heterocycles. The first-order chi connectivity index (χ1) is 13.0. The number of carbonyl (C=O) groups excluding carboxylic acids is 1. The quantitative estimate of drug-likeness (QED) is 0.882. The number of aryl methyl sites for hydroxylation is 2. The fourth-order valence-electron chi connectivity index (χ4n) is 4.38. The topological polar surface area (TPSA) is 60.3 Å². The van der Waals surface area contributed by atoms with Crippen molar-refractivity contribution < 1.29 is 9.53 Å². The molecule has 2 aliphatic rings. The van der Waals surface area contributed by atoms with Gasteiger partial charge in [-0.05, 0) is 38.7 Å². The van der Waals surface area contributed by atoms with E-state index in [9.17, 15) is 9.59 Å². The van der Waals surface area contributed by atoms with E-state index < -0.39 is 0 Å². The van der Waals surface area contributed by atoms with E-state index >= 15 is 0 Å². The number of hydrogen-bond acceptors (Lipinski definition) is 3. The van der Waals surface area contributed by atoms with E-state index in [1.165, 1.54) is 12.5 Å². The van der Waals surface area contributed by atoms with Gasteiger partial charge in [-0.2, -0.15) is 0 Å². The Bertz CT molecular complexity index is 925. The van der Waals surface area contributed by atoms with E-state index in [2.05, 4.69) is 5.32 Å². The van der Waals surface area contributed by atoms with E-state index in [0.29, 0.717) is 0 Å². The molecule has 5 heteroatoms. The van der Waals surface area contributed by atoms with Gasteiger partial charge < -0.3 is 14.6 Å². The van der Waals surface area contributed by atoms with Crippen molar-refractivity contribution in [3.05, 3.63) is 63.6 Å². The minimum Gasteiger partial charge on any atom is -0.487 e. The molecule has 1 aliphatic heterocycles. The highest BCUT2D eigenvalue weighted by atomic mass is 16.5. The van der Waals surface area contributed by atoms with Gasteiger partial charge in [0.25, 0.3) is 5.91 Å². The first kappa shape index (κ1) is 17.8.